The van der Waals surface area contributed by atoms with Crippen LogP contribution in [0.5, 0.6) is 0 Å². The molecule has 0 spiro atoms. The average Bonchev–Trinajstić information content (AvgIpc) is 2.69. The summed E-state index contributed by atoms with van der Waals surface area (Å²) in [6.07, 6.45) is -1.35. The van der Waals surface area contributed by atoms with Crippen LogP contribution in [0.15, 0.2) is 47.3 Å². The van der Waals surface area contributed by atoms with Crippen molar-refractivity contribution in [2.45, 2.75) is 26.8 Å². The molecular formula is C23H24FN3O4. The highest BCUT2D eigenvalue weighted by Gasteiger charge is 2.26. The molecule has 7 nitrogen and oxygen atoms in total. The van der Waals surface area contributed by atoms with Crippen molar-refractivity contribution in [3.05, 3.63) is 64.2 Å². The Balaban J connectivity index is 2.56. The molecule has 0 radical (unpaired) electrons. The molecule has 1 heterocycles. The molecule has 2 aromatic carbocycles. The largest absolute Gasteiger partial charge is 0.465 e. The summed E-state index contributed by atoms with van der Waals surface area (Å²) < 4.78 is 16.3. The summed E-state index contributed by atoms with van der Waals surface area (Å²) in [6, 6.07) is 10.8. The van der Waals surface area contributed by atoms with Gasteiger partial charge in [-0.15, -0.1) is 0 Å². The Morgan fingerprint density at radius 2 is 1.84 bits per heavy atom. The molecule has 8 heteroatoms. The summed E-state index contributed by atoms with van der Waals surface area (Å²) in [5.41, 5.74) is 5.90. The summed E-state index contributed by atoms with van der Waals surface area (Å²) in [5, 5.41) is 10.4. The van der Waals surface area contributed by atoms with Gasteiger partial charge in [-0.1, -0.05) is 38.1 Å². The fourth-order valence-electron chi connectivity index (χ4n) is 3.70. The van der Waals surface area contributed by atoms with Crippen molar-refractivity contribution >= 4 is 28.6 Å². The summed E-state index contributed by atoms with van der Waals surface area (Å²) in [4.78, 5) is 37.6. The van der Waals surface area contributed by atoms with Gasteiger partial charge in [-0.05, 0) is 35.1 Å². The lowest BCUT2D eigenvalue weighted by Gasteiger charge is -2.26. The Labute approximate surface area is 178 Å². The zero-order valence-corrected chi connectivity index (χ0v) is 17.6. The Morgan fingerprint density at radius 1 is 1.16 bits per heavy atom. The van der Waals surface area contributed by atoms with Crippen LogP contribution < -0.4 is 16.2 Å². The zero-order chi connectivity index (χ0) is 22.9. The number of carbonyl (C=O) groups is 2. The Morgan fingerprint density at radius 3 is 2.42 bits per heavy atom. The van der Waals surface area contributed by atoms with Gasteiger partial charge in [-0.2, -0.15) is 0 Å². The first-order valence-electron chi connectivity index (χ1n) is 9.81. The van der Waals surface area contributed by atoms with Gasteiger partial charge in [-0.25, -0.2) is 9.18 Å². The van der Waals surface area contributed by atoms with Crippen LogP contribution in [0.25, 0.3) is 21.9 Å². The number of carbonyl (C=O) groups excluding carboxylic acids is 1. The van der Waals surface area contributed by atoms with Crippen molar-refractivity contribution in [2.75, 3.05) is 11.9 Å². The third-order valence-electron chi connectivity index (χ3n) is 4.98. The second-order valence-electron chi connectivity index (χ2n) is 7.85. The van der Waals surface area contributed by atoms with E-state index in [0.717, 1.165) is 4.90 Å². The number of amides is 2. The van der Waals surface area contributed by atoms with Gasteiger partial charge in [0.25, 0.3) is 5.56 Å². The van der Waals surface area contributed by atoms with Gasteiger partial charge in [0, 0.05) is 30.1 Å². The maximum Gasteiger partial charge on any atom is 0.412 e. The number of rotatable bonds is 6. The number of hydrogen-bond acceptors (Lipinski definition) is 3. The second-order valence-corrected chi connectivity index (χ2v) is 7.85. The van der Waals surface area contributed by atoms with E-state index in [-0.39, 0.29) is 35.8 Å². The molecule has 0 saturated carbocycles. The van der Waals surface area contributed by atoms with Crippen LogP contribution in [0, 0.1) is 11.7 Å². The number of nitrogens with zero attached hydrogens (tertiary/aromatic N) is 2. The van der Waals surface area contributed by atoms with Gasteiger partial charge in [-0.3, -0.25) is 19.1 Å². The number of aromatic nitrogens is 1. The minimum absolute atomic E-state index is 0.0266. The number of carboxylic acid groups (broad SMARTS) is 1. The molecule has 0 aliphatic heterocycles. The van der Waals surface area contributed by atoms with E-state index in [1.54, 1.807) is 24.3 Å². The zero-order valence-electron chi connectivity index (χ0n) is 17.6. The monoisotopic (exact) mass is 425 g/mol. The molecule has 3 aromatic rings. The number of fused-ring (bicyclic) bond motifs is 1. The van der Waals surface area contributed by atoms with Gasteiger partial charge in [0.15, 0.2) is 0 Å². The number of nitrogens with two attached hydrogens (primary N) is 1. The van der Waals surface area contributed by atoms with Crippen molar-refractivity contribution in [1.82, 2.24) is 4.57 Å². The lowest BCUT2D eigenvalue weighted by atomic mass is 9.95. The Kier molecular flexibility index (Phi) is 6.10. The van der Waals surface area contributed by atoms with E-state index in [2.05, 4.69) is 0 Å². The van der Waals surface area contributed by atoms with Crippen LogP contribution in [0.2, 0.25) is 0 Å². The fourth-order valence-corrected chi connectivity index (χ4v) is 3.70. The minimum Gasteiger partial charge on any atom is -0.465 e. The van der Waals surface area contributed by atoms with E-state index in [0.29, 0.717) is 16.3 Å². The van der Waals surface area contributed by atoms with E-state index in [4.69, 9.17) is 5.73 Å². The lowest BCUT2D eigenvalue weighted by Crippen LogP contribution is -2.34. The number of pyridine rings is 1. The number of primary amides is 1. The highest BCUT2D eigenvalue weighted by atomic mass is 19.1. The summed E-state index contributed by atoms with van der Waals surface area (Å²) >= 11 is 0. The van der Waals surface area contributed by atoms with Crippen molar-refractivity contribution in [3.63, 3.8) is 0 Å². The predicted octanol–water partition coefficient (Wildman–Crippen LogP) is 3.61. The number of hydrogen-bond donors (Lipinski definition) is 2. The minimum atomic E-state index is -1.29. The summed E-state index contributed by atoms with van der Waals surface area (Å²) in [5.74, 6) is -1.01. The number of benzene rings is 2. The molecule has 0 saturated heterocycles. The maximum atomic E-state index is 14.9. The van der Waals surface area contributed by atoms with Crippen LogP contribution in [-0.2, 0) is 17.8 Å². The second kappa shape index (κ2) is 8.59. The van der Waals surface area contributed by atoms with Crippen LogP contribution in [0.1, 0.15) is 19.4 Å². The quantitative estimate of drug-likeness (QED) is 0.629. The highest BCUT2D eigenvalue weighted by molar-refractivity contribution is 6.05. The molecule has 162 valence electrons. The molecule has 0 aliphatic rings. The van der Waals surface area contributed by atoms with Gasteiger partial charge >= 0.3 is 6.09 Å². The first-order chi connectivity index (χ1) is 14.6. The van der Waals surface area contributed by atoms with E-state index in [1.165, 1.54) is 29.8 Å². The van der Waals surface area contributed by atoms with Crippen molar-refractivity contribution < 1.29 is 19.1 Å². The van der Waals surface area contributed by atoms with Gasteiger partial charge in [0.1, 0.15) is 11.6 Å². The highest BCUT2D eigenvalue weighted by Crippen LogP contribution is 2.38. The van der Waals surface area contributed by atoms with Crippen LogP contribution in [0.4, 0.5) is 15.0 Å². The van der Waals surface area contributed by atoms with E-state index >= 15 is 0 Å². The molecule has 1 aromatic heterocycles. The maximum absolute atomic E-state index is 14.9. The van der Waals surface area contributed by atoms with Crippen LogP contribution in [0.3, 0.4) is 0 Å². The van der Waals surface area contributed by atoms with Crippen molar-refractivity contribution in [3.8, 4) is 11.1 Å². The van der Waals surface area contributed by atoms with Crippen molar-refractivity contribution in [1.29, 1.82) is 0 Å². The summed E-state index contributed by atoms with van der Waals surface area (Å²) in [7, 11) is 1.32. The molecule has 0 aliphatic carbocycles. The fraction of sp³-hybridized carbons (Fsp3) is 0.261. The lowest BCUT2D eigenvalue weighted by molar-refractivity contribution is -0.117. The molecular weight excluding hydrogens is 401 g/mol. The average molecular weight is 425 g/mol. The molecule has 3 rings (SSSR count). The third kappa shape index (κ3) is 4.28. The molecule has 0 fully saturated rings. The molecule has 0 bridgehead atoms. The number of anilines is 1. The van der Waals surface area contributed by atoms with Crippen LogP contribution in [-0.4, -0.2) is 28.7 Å². The third-order valence-corrected chi connectivity index (χ3v) is 4.98. The predicted molar refractivity (Wildman–Crippen MR) is 118 cm³/mol. The molecule has 2 amide bonds. The normalized spacial score (nSPS) is 11.1. The van der Waals surface area contributed by atoms with Crippen LogP contribution >= 0.6 is 0 Å². The summed E-state index contributed by atoms with van der Waals surface area (Å²) in [6.45, 7) is 4.05. The standard InChI is InChI=1S/C23H24FN3O4/c1-13(2)12-27-21(26(3)23(30)31)20(16-6-4-5-7-18(16)24)17-10-14(11-19(25)28)8-9-15(17)22(27)29/h4-10,13H,11-12H2,1-3H3,(H2,25,28)(H,30,31). The van der Waals surface area contributed by atoms with Gasteiger partial charge in [0.2, 0.25) is 5.91 Å². The first-order valence-corrected chi connectivity index (χ1v) is 9.81. The number of halogens is 1. The first kappa shape index (κ1) is 22.0. The molecule has 0 atom stereocenters. The van der Waals surface area contributed by atoms with Gasteiger partial charge in [0.05, 0.1) is 6.42 Å². The molecule has 3 N–H and O–H groups in total. The van der Waals surface area contributed by atoms with Crippen molar-refractivity contribution in [2.24, 2.45) is 11.7 Å². The Bertz CT molecular complexity index is 1230. The van der Waals surface area contributed by atoms with Gasteiger partial charge < -0.3 is 10.8 Å². The molecule has 31 heavy (non-hydrogen) atoms. The SMILES string of the molecule is CC(C)Cn1c(N(C)C(=O)O)c(-c2ccccc2F)c2cc(CC(N)=O)ccc2c1=O. The van der Waals surface area contributed by atoms with E-state index < -0.39 is 23.4 Å². The Hall–Kier alpha value is -3.68. The smallest absolute Gasteiger partial charge is 0.412 e. The van der Waals surface area contributed by atoms with E-state index in [9.17, 15) is 23.9 Å². The van der Waals surface area contributed by atoms with E-state index in [1.807, 2.05) is 13.8 Å². The topological polar surface area (TPSA) is 106 Å². The molecule has 0 unspecified atom stereocenters.